The van der Waals surface area contributed by atoms with Gasteiger partial charge in [-0.15, -0.1) is 0 Å². The summed E-state index contributed by atoms with van der Waals surface area (Å²) in [6.45, 7) is 0.693. The predicted octanol–water partition coefficient (Wildman–Crippen LogP) is 1.10. The molecule has 0 bridgehead atoms. The highest BCUT2D eigenvalue weighted by Gasteiger charge is 2.06. The summed E-state index contributed by atoms with van der Waals surface area (Å²) in [5.74, 6) is -0.169. The molecule has 0 spiro atoms. The summed E-state index contributed by atoms with van der Waals surface area (Å²) in [5, 5.41) is 13.4. The third kappa shape index (κ3) is 3.87. The number of alkyl halides is 1. The lowest BCUT2D eigenvalue weighted by Crippen LogP contribution is -2.24. The topological polar surface area (TPSA) is 70.7 Å². The molecule has 1 rings (SSSR count). The van der Waals surface area contributed by atoms with Crippen LogP contribution in [0.3, 0.4) is 0 Å². The van der Waals surface area contributed by atoms with Crippen LogP contribution in [0.1, 0.15) is 29.8 Å². The van der Waals surface area contributed by atoms with Crippen molar-refractivity contribution in [2.75, 3.05) is 11.9 Å². The smallest absolute Gasteiger partial charge is 0.273 e. The lowest BCUT2D eigenvalue weighted by molar-refractivity contribution is 0.0948. The first kappa shape index (κ1) is 11.2. The molecule has 0 fully saturated rings. The van der Waals surface area contributed by atoms with Gasteiger partial charge in [-0.3, -0.25) is 4.79 Å². The van der Waals surface area contributed by atoms with Gasteiger partial charge in [0.25, 0.3) is 5.91 Å². The number of aromatic nitrogens is 3. The van der Waals surface area contributed by atoms with Crippen LogP contribution in [0.2, 0.25) is 0 Å². The van der Waals surface area contributed by atoms with E-state index in [2.05, 4.69) is 36.7 Å². The van der Waals surface area contributed by atoms with Crippen LogP contribution in [-0.4, -0.2) is 33.2 Å². The second-order valence-electron chi connectivity index (χ2n) is 2.86. The number of nitrogens with zero attached hydrogens (tertiary/aromatic N) is 2. The van der Waals surface area contributed by atoms with Gasteiger partial charge in [0.2, 0.25) is 0 Å². The van der Waals surface area contributed by atoms with Crippen LogP contribution in [0.5, 0.6) is 0 Å². The summed E-state index contributed by atoms with van der Waals surface area (Å²) in [5.41, 5.74) is 0.338. The molecule has 6 heteroatoms. The maximum absolute atomic E-state index is 11.3. The Labute approximate surface area is 90.8 Å². The number of unbranched alkanes of at least 4 members (excludes halogenated alkanes) is 2. The van der Waals surface area contributed by atoms with Gasteiger partial charge in [0.15, 0.2) is 5.69 Å². The Morgan fingerprint density at radius 3 is 3.00 bits per heavy atom. The molecular weight excluding hydrogens is 248 g/mol. The molecule has 0 unspecified atom stereocenters. The van der Waals surface area contributed by atoms with Crippen LogP contribution >= 0.6 is 15.9 Å². The molecule has 0 saturated heterocycles. The average Bonchev–Trinajstić information content (AvgIpc) is 2.70. The SMILES string of the molecule is O=C(NCCCCCBr)c1cn[nH]n1. The van der Waals surface area contributed by atoms with Crippen LogP contribution in [0.25, 0.3) is 0 Å². The maximum Gasteiger partial charge on any atom is 0.273 e. The number of nitrogens with one attached hydrogen (secondary N) is 2. The number of carbonyl (C=O) groups is 1. The Kier molecular flexibility index (Phi) is 5.21. The molecule has 0 saturated carbocycles. The lowest BCUT2D eigenvalue weighted by Gasteiger charge is -2.01. The van der Waals surface area contributed by atoms with E-state index in [1.54, 1.807) is 0 Å². The van der Waals surface area contributed by atoms with Crippen molar-refractivity contribution in [2.45, 2.75) is 19.3 Å². The number of H-pyrrole nitrogens is 1. The van der Waals surface area contributed by atoms with Gasteiger partial charge < -0.3 is 5.32 Å². The molecule has 1 aromatic rings. The summed E-state index contributed by atoms with van der Waals surface area (Å²) in [6, 6.07) is 0. The first-order valence-corrected chi connectivity index (χ1v) is 5.66. The van der Waals surface area contributed by atoms with Crippen LogP contribution < -0.4 is 5.32 Å². The summed E-state index contributed by atoms with van der Waals surface area (Å²) in [6.07, 6.45) is 4.66. The van der Waals surface area contributed by atoms with Gasteiger partial charge in [-0.2, -0.15) is 15.4 Å². The van der Waals surface area contributed by atoms with E-state index in [4.69, 9.17) is 0 Å². The van der Waals surface area contributed by atoms with Gasteiger partial charge in [-0.25, -0.2) is 0 Å². The zero-order valence-electron chi connectivity index (χ0n) is 7.79. The molecule has 1 amide bonds. The van der Waals surface area contributed by atoms with E-state index in [1.807, 2.05) is 0 Å². The van der Waals surface area contributed by atoms with Crippen molar-refractivity contribution in [1.29, 1.82) is 0 Å². The van der Waals surface area contributed by atoms with Crippen molar-refractivity contribution in [2.24, 2.45) is 0 Å². The van der Waals surface area contributed by atoms with E-state index in [1.165, 1.54) is 6.20 Å². The van der Waals surface area contributed by atoms with Gasteiger partial charge in [-0.05, 0) is 12.8 Å². The molecular formula is C8H13BrN4O. The number of aromatic amines is 1. The van der Waals surface area contributed by atoms with Crippen molar-refractivity contribution >= 4 is 21.8 Å². The number of rotatable bonds is 6. The summed E-state index contributed by atoms with van der Waals surface area (Å²) in [4.78, 5) is 11.3. The molecule has 0 radical (unpaired) electrons. The molecule has 1 heterocycles. The Balaban J connectivity index is 2.10. The van der Waals surface area contributed by atoms with Gasteiger partial charge >= 0.3 is 0 Å². The van der Waals surface area contributed by atoms with Crippen LogP contribution in [0.4, 0.5) is 0 Å². The summed E-state index contributed by atoms with van der Waals surface area (Å²) >= 11 is 3.35. The molecule has 0 aliphatic rings. The first-order chi connectivity index (χ1) is 6.84. The minimum absolute atomic E-state index is 0.169. The molecule has 5 nitrogen and oxygen atoms in total. The number of hydrogen-bond acceptors (Lipinski definition) is 3. The Morgan fingerprint density at radius 2 is 2.36 bits per heavy atom. The molecule has 78 valence electrons. The third-order valence-corrected chi connectivity index (χ3v) is 2.30. The van der Waals surface area contributed by atoms with Crippen molar-refractivity contribution in [3.05, 3.63) is 11.9 Å². The monoisotopic (exact) mass is 260 g/mol. The number of amides is 1. The largest absolute Gasteiger partial charge is 0.351 e. The van der Waals surface area contributed by atoms with Gasteiger partial charge in [-0.1, -0.05) is 22.4 Å². The molecule has 2 N–H and O–H groups in total. The normalized spacial score (nSPS) is 10.1. The van der Waals surface area contributed by atoms with Crippen LogP contribution in [0.15, 0.2) is 6.20 Å². The lowest BCUT2D eigenvalue weighted by atomic mass is 10.2. The van der Waals surface area contributed by atoms with Crippen molar-refractivity contribution in [3.8, 4) is 0 Å². The molecule has 1 aromatic heterocycles. The number of carbonyl (C=O) groups excluding carboxylic acids is 1. The van der Waals surface area contributed by atoms with E-state index < -0.39 is 0 Å². The van der Waals surface area contributed by atoms with E-state index in [0.29, 0.717) is 12.2 Å². The van der Waals surface area contributed by atoms with E-state index >= 15 is 0 Å². The van der Waals surface area contributed by atoms with Crippen molar-refractivity contribution < 1.29 is 4.79 Å². The Bertz CT molecular complexity index is 262. The van der Waals surface area contributed by atoms with Crippen LogP contribution in [0, 0.1) is 0 Å². The van der Waals surface area contributed by atoms with Crippen molar-refractivity contribution in [3.63, 3.8) is 0 Å². The highest BCUT2D eigenvalue weighted by Crippen LogP contribution is 1.97. The molecule has 14 heavy (non-hydrogen) atoms. The van der Waals surface area contributed by atoms with Gasteiger partial charge in [0, 0.05) is 11.9 Å². The molecule has 0 atom stereocenters. The van der Waals surface area contributed by atoms with E-state index in [-0.39, 0.29) is 5.91 Å². The fraction of sp³-hybridized carbons (Fsp3) is 0.625. The quantitative estimate of drug-likeness (QED) is 0.595. The van der Waals surface area contributed by atoms with Gasteiger partial charge in [0.05, 0.1) is 6.20 Å². The maximum atomic E-state index is 11.3. The number of halogens is 1. The fourth-order valence-corrected chi connectivity index (χ4v) is 1.40. The number of hydrogen-bond donors (Lipinski definition) is 2. The second-order valence-corrected chi connectivity index (χ2v) is 3.65. The molecule has 0 aliphatic carbocycles. The Hall–Kier alpha value is -0.910. The van der Waals surface area contributed by atoms with Crippen LogP contribution in [-0.2, 0) is 0 Å². The summed E-state index contributed by atoms with van der Waals surface area (Å²) in [7, 11) is 0. The zero-order chi connectivity index (χ0) is 10.2. The van der Waals surface area contributed by atoms with E-state index in [9.17, 15) is 4.79 Å². The standard InChI is InChI=1S/C8H13BrN4O/c9-4-2-1-3-5-10-8(14)7-6-11-13-12-7/h6H,1-5H2,(H,10,14)(H,11,12,13). The first-order valence-electron chi connectivity index (χ1n) is 4.54. The fourth-order valence-electron chi connectivity index (χ4n) is 1.000. The minimum atomic E-state index is -0.169. The zero-order valence-corrected chi connectivity index (χ0v) is 9.38. The predicted molar refractivity (Wildman–Crippen MR) is 56.4 cm³/mol. The third-order valence-electron chi connectivity index (χ3n) is 1.74. The molecule has 0 aromatic carbocycles. The highest BCUT2D eigenvalue weighted by molar-refractivity contribution is 9.09. The second kappa shape index (κ2) is 6.53. The average molecular weight is 261 g/mol. The molecule has 0 aliphatic heterocycles. The Morgan fingerprint density at radius 1 is 1.50 bits per heavy atom. The van der Waals surface area contributed by atoms with E-state index in [0.717, 1.165) is 24.6 Å². The van der Waals surface area contributed by atoms with Crippen molar-refractivity contribution in [1.82, 2.24) is 20.7 Å². The van der Waals surface area contributed by atoms with Gasteiger partial charge in [0.1, 0.15) is 0 Å². The highest BCUT2D eigenvalue weighted by atomic mass is 79.9. The minimum Gasteiger partial charge on any atom is -0.351 e. The summed E-state index contributed by atoms with van der Waals surface area (Å²) < 4.78 is 0.